The summed E-state index contributed by atoms with van der Waals surface area (Å²) in [5.74, 6) is 1.77. The van der Waals surface area contributed by atoms with Crippen LogP contribution in [-0.4, -0.2) is 31.5 Å². The highest BCUT2D eigenvalue weighted by molar-refractivity contribution is 5.83. The van der Waals surface area contributed by atoms with Gasteiger partial charge < -0.3 is 15.1 Å². The number of hydrogen-bond acceptors (Lipinski definition) is 6. The average Bonchev–Trinajstić information content (AvgIpc) is 3.23. The molecule has 3 heterocycles. The van der Waals surface area contributed by atoms with E-state index in [2.05, 4.69) is 25.7 Å². The molecule has 0 saturated heterocycles. The molecule has 0 aliphatic rings. The Balaban J connectivity index is 1.70. The van der Waals surface area contributed by atoms with Crippen LogP contribution in [0.5, 0.6) is 0 Å². The summed E-state index contributed by atoms with van der Waals surface area (Å²) < 4.78 is 6.77. The quantitative estimate of drug-likeness (QED) is 0.714. The molecular formula is C15H18N6O2. The van der Waals surface area contributed by atoms with Crippen LogP contribution in [0, 0.1) is 0 Å². The number of carbonyl (C=O) groups excluding carboxylic acids is 1. The Morgan fingerprint density at radius 2 is 2.35 bits per heavy atom. The zero-order chi connectivity index (χ0) is 16.2. The zero-order valence-electron chi connectivity index (χ0n) is 13.0. The van der Waals surface area contributed by atoms with Gasteiger partial charge in [-0.25, -0.2) is 4.98 Å². The van der Waals surface area contributed by atoms with Gasteiger partial charge in [-0.15, -0.1) is 0 Å². The van der Waals surface area contributed by atoms with Gasteiger partial charge in [-0.2, -0.15) is 14.6 Å². The highest BCUT2D eigenvalue weighted by Crippen LogP contribution is 2.12. The predicted octanol–water partition coefficient (Wildman–Crippen LogP) is 1.40. The van der Waals surface area contributed by atoms with Crippen LogP contribution < -0.4 is 10.6 Å². The van der Waals surface area contributed by atoms with Gasteiger partial charge in [-0.05, 0) is 25.5 Å². The number of nitrogens with zero attached hydrogens (tertiary/aromatic N) is 4. The first-order chi connectivity index (χ1) is 11.2. The van der Waals surface area contributed by atoms with Crippen LogP contribution in [0.4, 0.5) is 5.82 Å². The molecular weight excluding hydrogens is 296 g/mol. The first-order valence-electron chi connectivity index (χ1n) is 7.43. The Kier molecular flexibility index (Phi) is 4.22. The van der Waals surface area contributed by atoms with Gasteiger partial charge in [0.15, 0.2) is 0 Å². The largest absolute Gasteiger partial charge is 0.467 e. The summed E-state index contributed by atoms with van der Waals surface area (Å²) in [6.07, 6.45) is 3.79. The van der Waals surface area contributed by atoms with E-state index in [0.29, 0.717) is 23.9 Å². The topological polar surface area (TPSA) is 97.4 Å². The van der Waals surface area contributed by atoms with Gasteiger partial charge in [0.2, 0.25) is 5.91 Å². The summed E-state index contributed by atoms with van der Waals surface area (Å²) in [4.78, 5) is 20.7. The third-order valence-corrected chi connectivity index (χ3v) is 3.44. The molecule has 1 unspecified atom stereocenters. The molecule has 1 atom stereocenters. The van der Waals surface area contributed by atoms with Gasteiger partial charge >= 0.3 is 0 Å². The molecule has 1 amide bonds. The van der Waals surface area contributed by atoms with Gasteiger partial charge in [0.25, 0.3) is 5.78 Å². The van der Waals surface area contributed by atoms with Gasteiger partial charge in [0.05, 0.1) is 12.8 Å². The molecule has 8 nitrogen and oxygen atoms in total. The predicted molar refractivity (Wildman–Crippen MR) is 83.8 cm³/mol. The van der Waals surface area contributed by atoms with Gasteiger partial charge in [0, 0.05) is 11.8 Å². The van der Waals surface area contributed by atoms with E-state index in [1.807, 2.05) is 19.1 Å². The van der Waals surface area contributed by atoms with Crippen molar-refractivity contribution in [3.63, 3.8) is 0 Å². The van der Waals surface area contributed by atoms with E-state index >= 15 is 0 Å². The maximum Gasteiger partial charge on any atom is 0.254 e. The number of aromatic nitrogens is 4. The minimum absolute atomic E-state index is 0.135. The molecule has 23 heavy (non-hydrogen) atoms. The number of anilines is 1. The lowest BCUT2D eigenvalue weighted by atomic mass is 10.2. The lowest BCUT2D eigenvalue weighted by Gasteiger charge is -2.16. The molecule has 0 radical (unpaired) electrons. The summed E-state index contributed by atoms with van der Waals surface area (Å²) in [6, 6.07) is 5.03. The van der Waals surface area contributed by atoms with Crippen LogP contribution >= 0.6 is 0 Å². The number of nitrogens with one attached hydrogen (secondary N) is 2. The highest BCUT2D eigenvalue weighted by Gasteiger charge is 2.15. The second-order valence-corrected chi connectivity index (χ2v) is 5.12. The molecule has 0 spiro atoms. The summed E-state index contributed by atoms with van der Waals surface area (Å²) in [6.45, 7) is 4.15. The maximum absolute atomic E-state index is 12.2. The SMILES string of the molecule is CCc1cc(NC(C)C(=O)NCc2ccco2)n2ncnc2n1. The van der Waals surface area contributed by atoms with Crippen molar-refractivity contribution >= 4 is 17.5 Å². The number of hydrogen-bond donors (Lipinski definition) is 2. The van der Waals surface area contributed by atoms with E-state index in [0.717, 1.165) is 12.1 Å². The van der Waals surface area contributed by atoms with Gasteiger partial charge in [0.1, 0.15) is 23.9 Å². The molecule has 120 valence electrons. The molecule has 0 saturated carbocycles. The standard InChI is InChI=1S/C15H18N6O2/c1-3-11-7-13(21-15(20-11)17-9-18-21)19-10(2)14(22)16-8-12-5-4-6-23-12/h4-7,9-10,19H,3,8H2,1-2H3,(H,16,22). The van der Waals surface area contributed by atoms with Crippen molar-refractivity contribution in [2.45, 2.75) is 32.9 Å². The molecule has 0 aromatic carbocycles. The number of carbonyl (C=O) groups is 1. The van der Waals surface area contributed by atoms with Crippen molar-refractivity contribution in [1.29, 1.82) is 0 Å². The summed E-state index contributed by atoms with van der Waals surface area (Å²) in [5.41, 5.74) is 0.885. The second kappa shape index (κ2) is 6.47. The summed E-state index contributed by atoms with van der Waals surface area (Å²) in [5, 5.41) is 10.1. The first kappa shape index (κ1) is 15.0. The lowest BCUT2D eigenvalue weighted by molar-refractivity contribution is -0.121. The van der Waals surface area contributed by atoms with Crippen LogP contribution in [0.1, 0.15) is 25.3 Å². The minimum Gasteiger partial charge on any atom is -0.467 e. The molecule has 2 N–H and O–H groups in total. The molecule has 0 aliphatic heterocycles. The molecule has 3 aromatic heterocycles. The molecule has 8 heteroatoms. The molecule has 3 rings (SSSR count). The molecule has 3 aromatic rings. The Labute approximate surface area is 132 Å². The number of aryl methyl sites for hydroxylation is 1. The van der Waals surface area contributed by atoms with Crippen molar-refractivity contribution in [3.05, 3.63) is 42.2 Å². The summed E-state index contributed by atoms with van der Waals surface area (Å²) in [7, 11) is 0. The Hall–Kier alpha value is -2.90. The minimum atomic E-state index is -0.440. The second-order valence-electron chi connectivity index (χ2n) is 5.12. The average molecular weight is 314 g/mol. The van der Waals surface area contributed by atoms with Crippen molar-refractivity contribution in [3.8, 4) is 0 Å². The normalized spacial score (nSPS) is 12.3. The smallest absolute Gasteiger partial charge is 0.254 e. The highest BCUT2D eigenvalue weighted by atomic mass is 16.3. The Morgan fingerprint density at radius 3 is 3.09 bits per heavy atom. The fourth-order valence-electron chi connectivity index (χ4n) is 2.17. The third kappa shape index (κ3) is 3.31. The van der Waals surface area contributed by atoms with Crippen molar-refractivity contribution in [1.82, 2.24) is 24.9 Å². The van der Waals surface area contributed by atoms with Crippen LogP contribution in [0.15, 0.2) is 35.2 Å². The summed E-state index contributed by atoms with van der Waals surface area (Å²) >= 11 is 0. The van der Waals surface area contributed by atoms with Gasteiger partial charge in [-0.1, -0.05) is 6.92 Å². The zero-order valence-corrected chi connectivity index (χ0v) is 13.0. The van der Waals surface area contributed by atoms with Gasteiger partial charge in [-0.3, -0.25) is 4.79 Å². The number of rotatable bonds is 6. The number of amides is 1. The van der Waals surface area contributed by atoms with Crippen molar-refractivity contribution in [2.75, 3.05) is 5.32 Å². The molecule has 0 aliphatic carbocycles. The van der Waals surface area contributed by atoms with Crippen LogP contribution in [0.3, 0.4) is 0 Å². The molecule has 0 fully saturated rings. The fourth-order valence-corrected chi connectivity index (χ4v) is 2.17. The van der Waals surface area contributed by atoms with E-state index in [-0.39, 0.29) is 5.91 Å². The first-order valence-corrected chi connectivity index (χ1v) is 7.43. The van der Waals surface area contributed by atoms with E-state index in [1.54, 1.807) is 23.8 Å². The number of furan rings is 1. The van der Waals surface area contributed by atoms with Crippen LogP contribution in [0.25, 0.3) is 5.78 Å². The van der Waals surface area contributed by atoms with E-state index in [9.17, 15) is 4.79 Å². The van der Waals surface area contributed by atoms with Crippen LogP contribution in [-0.2, 0) is 17.8 Å². The molecule has 0 bridgehead atoms. The van der Waals surface area contributed by atoms with Crippen molar-refractivity contribution in [2.24, 2.45) is 0 Å². The van der Waals surface area contributed by atoms with E-state index in [4.69, 9.17) is 4.42 Å². The third-order valence-electron chi connectivity index (χ3n) is 3.44. The van der Waals surface area contributed by atoms with Crippen molar-refractivity contribution < 1.29 is 9.21 Å². The van der Waals surface area contributed by atoms with E-state index in [1.165, 1.54) is 6.33 Å². The Bertz CT molecular complexity index is 796. The van der Waals surface area contributed by atoms with Crippen LogP contribution in [0.2, 0.25) is 0 Å². The number of fused-ring (bicyclic) bond motifs is 1. The lowest BCUT2D eigenvalue weighted by Crippen LogP contribution is -2.37. The van der Waals surface area contributed by atoms with E-state index < -0.39 is 6.04 Å². The monoisotopic (exact) mass is 314 g/mol. The fraction of sp³-hybridized carbons (Fsp3) is 0.333. The maximum atomic E-state index is 12.2. The Morgan fingerprint density at radius 1 is 1.48 bits per heavy atom.